The molecule has 0 aliphatic carbocycles. The molecule has 1 aromatic heterocycles. The van der Waals surface area contributed by atoms with Crippen LogP contribution in [0.5, 0.6) is 0 Å². The summed E-state index contributed by atoms with van der Waals surface area (Å²) in [6, 6.07) is 8.03. The number of nitrogens with one attached hydrogen (secondary N) is 2. The SMILES string of the molecule is COCC(=O)N1CCC(Nc2n[nH]c(-c3ccc(Cl)cc3)c2C2=CC=NCC2)CC1. The number of anilines is 1. The summed E-state index contributed by atoms with van der Waals surface area (Å²) in [5.74, 6) is 0.899. The number of likely N-dealkylation sites (tertiary alicyclic amines) is 1. The third kappa shape index (κ3) is 4.57. The molecule has 7 nitrogen and oxygen atoms in total. The van der Waals surface area contributed by atoms with Crippen LogP contribution in [-0.2, 0) is 9.53 Å². The number of halogens is 1. The highest BCUT2D eigenvalue weighted by Crippen LogP contribution is 2.36. The third-order valence-corrected chi connectivity index (χ3v) is 5.82. The lowest BCUT2D eigenvalue weighted by atomic mass is 9.96. The Bertz CT molecular complexity index is 943. The molecule has 0 spiro atoms. The van der Waals surface area contributed by atoms with Crippen LogP contribution in [0.4, 0.5) is 5.82 Å². The second-order valence-electron chi connectivity index (χ2n) is 7.56. The summed E-state index contributed by atoms with van der Waals surface area (Å²) in [5.41, 5.74) is 4.31. The van der Waals surface area contributed by atoms with E-state index in [0.717, 1.165) is 61.5 Å². The molecule has 1 aromatic carbocycles. The number of carbonyl (C=O) groups excluding carboxylic acids is 1. The Morgan fingerprint density at radius 3 is 2.73 bits per heavy atom. The summed E-state index contributed by atoms with van der Waals surface area (Å²) in [6.07, 6.45) is 6.54. The fourth-order valence-corrected chi connectivity index (χ4v) is 4.09. The normalized spacial score (nSPS) is 17.1. The smallest absolute Gasteiger partial charge is 0.248 e. The molecule has 0 bridgehead atoms. The van der Waals surface area contributed by atoms with Gasteiger partial charge in [-0.15, -0.1) is 0 Å². The predicted octanol–water partition coefficient (Wildman–Crippen LogP) is 3.64. The molecule has 1 saturated heterocycles. The number of aliphatic imine (C=N–C) groups is 1. The number of methoxy groups -OCH3 is 1. The van der Waals surface area contributed by atoms with Crippen molar-refractivity contribution in [2.45, 2.75) is 25.3 Å². The monoisotopic (exact) mass is 427 g/mol. The van der Waals surface area contributed by atoms with Gasteiger partial charge in [0, 0.05) is 55.2 Å². The first kappa shape index (κ1) is 20.6. The summed E-state index contributed by atoms with van der Waals surface area (Å²) in [4.78, 5) is 18.2. The van der Waals surface area contributed by atoms with E-state index in [1.165, 1.54) is 5.57 Å². The number of rotatable bonds is 6. The lowest BCUT2D eigenvalue weighted by Crippen LogP contribution is -2.43. The molecule has 0 radical (unpaired) electrons. The second kappa shape index (κ2) is 9.45. The average Bonchev–Trinajstić information content (AvgIpc) is 3.19. The maximum atomic E-state index is 12.0. The molecular weight excluding hydrogens is 402 g/mol. The highest BCUT2D eigenvalue weighted by Gasteiger charge is 2.25. The van der Waals surface area contributed by atoms with Gasteiger partial charge in [-0.1, -0.05) is 23.7 Å². The van der Waals surface area contributed by atoms with E-state index in [0.29, 0.717) is 5.02 Å². The standard InChI is InChI=1S/C22H26ClN5O2/c1-30-14-19(29)28-12-8-18(9-13-28)25-22-20(15-6-10-24-11-7-15)21(26-27-22)16-2-4-17(23)5-3-16/h2-6,10,18H,7-9,11-14H2,1H3,(H2,25,26,27). The van der Waals surface area contributed by atoms with Gasteiger partial charge in [-0.05, 0) is 43.0 Å². The number of benzene rings is 1. The minimum Gasteiger partial charge on any atom is -0.375 e. The molecule has 8 heteroatoms. The van der Waals surface area contributed by atoms with E-state index in [-0.39, 0.29) is 18.6 Å². The van der Waals surface area contributed by atoms with Crippen LogP contribution in [0.3, 0.4) is 0 Å². The fourth-order valence-electron chi connectivity index (χ4n) is 3.96. The van der Waals surface area contributed by atoms with Gasteiger partial charge in [0.15, 0.2) is 5.82 Å². The third-order valence-electron chi connectivity index (χ3n) is 5.57. The highest BCUT2D eigenvalue weighted by molar-refractivity contribution is 6.30. The molecule has 2 aliphatic heterocycles. The minimum absolute atomic E-state index is 0.0491. The van der Waals surface area contributed by atoms with Crippen LogP contribution in [0.1, 0.15) is 24.8 Å². The van der Waals surface area contributed by atoms with E-state index in [4.69, 9.17) is 16.3 Å². The Morgan fingerprint density at radius 1 is 1.30 bits per heavy atom. The van der Waals surface area contributed by atoms with Gasteiger partial charge in [0.25, 0.3) is 0 Å². The van der Waals surface area contributed by atoms with Gasteiger partial charge in [0.1, 0.15) is 6.61 Å². The number of hydrogen-bond acceptors (Lipinski definition) is 5. The van der Waals surface area contributed by atoms with E-state index in [9.17, 15) is 4.79 Å². The Hall–Kier alpha value is -2.64. The Kier molecular flexibility index (Phi) is 6.50. The molecular formula is C22H26ClN5O2. The molecule has 3 heterocycles. The molecule has 158 valence electrons. The highest BCUT2D eigenvalue weighted by atomic mass is 35.5. The zero-order chi connectivity index (χ0) is 20.9. The van der Waals surface area contributed by atoms with Gasteiger partial charge in [-0.2, -0.15) is 5.10 Å². The van der Waals surface area contributed by atoms with Crippen molar-refractivity contribution in [3.05, 3.63) is 40.9 Å². The topological polar surface area (TPSA) is 82.6 Å². The molecule has 0 atom stereocenters. The molecule has 2 N–H and O–H groups in total. The van der Waals surface area contributed by atoms with E-state index < -0.39 is 0 Å². The van der Waals surface area contributed by atoms with Gasteiger partial charge in [0.05, 0.1) is 5.69 Å². The number of amides is 1. The maximum Gasteiger partial charge on any atom is 0.248 e. The lowest BCUT2D eigenvalue weighted by molar-refractivity contribution is -0.136. The zero-order valence-electron chi connectivity index (χ0n) is 17.0. The van der Waals surface area contributed by atoms with Crippen molar-refractivity contribution in [3.63, 3.8) is 0 Å². The number of dihydropyridines is 1. The summed E-state index contributed by atoms with van der Waals surface area (Å²) < 4.78 is 4.97. The van der Waals surface area contributed by atoms with Crippen LogP contribution in [0, 0.1) is 0 Å². The molecule has 2 aliphatic rings. The summed E-state index contributed by atoms with van der Waals surface area (Å²) in [7, 11) is 1.55. The van der Waals surface area contributed by atoms with E-state index in [2.05, 4.69) is 26.6 Å². The zero-order valence-corrected chi connectivity index (χ0v) is 17.8. The van der Waals surface area contributed by atoms with Gasteiger partial charge in [-0.25, -0.2) is 0 Å². The number of carbonyl (C=O) groups is 1. The van der Waals surface area contributed by atoms with Crippen molar-refractivity contribution >= 4 is 35.1 Å². The van der Waals surface area contributed by atoms with E-state index >= 15 is 0 Å². The number of ether oxygens (including phenoxy) is 1. The van der Waals surface area contributed by atoms with Crippen LogP contribution in [0.25, 0.3) is 16.8 Å². The quantitative estimate of drug-likeness (QED) is 0.737. The van der Waals surface area contributed by atoms with Gasteiger partial charge in [0.2, 0.25) is 5.91 Å². The summed E-state index contributed by atoms with van der Waals surface area (Å²) in [6.45, 7) is 2.36. The lowest BCUT2D eigenvalue weighted by Gasteiger charge is -2.32. The maximum absolute atomic E-state index is 12.0. The van der Waals surface area contributed by atoms with E-state index in [1.807, 2.05) is 35.4 Å². The fraction of sp³-hybridized carbons (Fsp3) is 0.409. The van der Waals surface area contributed by atoms with Crippen molar-refractivity contribution in [1.29, 1.82) is 0 Å². The Morgan fingerprint density at radius 2 is 2.07 bits per heavy atom. The van der Waals surface area contributed by atoms with Gasteiger partial charge >= 0.3 is 0 Å². The van der Waals surface area contributed by atoms with Crippen molar-refractivity contribution in [1.82, 2.24) is 15.1 Å². The van der Waals surface area contributed by atoms with Gasteiger partial charge < -0.3 is 15.0 Å². The van der Waals surface area contributed by atoms with Crippen LogP contribution in [0.2, 0.25) is 5.02 Å². The largest absolute Gasteiger partial charge is 0.375 e. The van der Waals surface area contributed by atoms with Crippen molar-refractivity contribution in [2.75, 3.05) is 38.7 Å². The minimum atomic E-state index is 0.0491. The number of nitrogens with zero attached hydrogens (tertiary/aromatic N) is 3. The predicted molar refractivity (Wildman–Crippen MR) is 120 cm³/mol. The van der Waals surface area contributed by atoms with Gasteiger partial charge in [-0.3, -0.25) is 14.9 Å². The number of allylic oxidation sites excluding steroid dienone is 1. The van der Waals surface area contributed by atoms with Crippen LogP contribution in [-0.4, -0.2) is 66.6 Å². The summed E-state index contributed by atoms with van der Waals surface area (Å²) >= 11 is 6.07. The Labute approximate surface area is 181 Å². The molecule has 0 saturated carbocycles. The van der Waals surface area contributed by atoms with Crippen molar-refractivity contribution in [3.8, 4) is 11.3 Å². The molecule has 1 amide bonds. The van der Waals surface area contributed by atoms with Crippen molar-refractivity contribution in [2.24, 2.45) is 4.99 Å². The first-order chi connectivity index (χ1) is 14.7. The summed E-state index contributed by atoms with van der Waals surface area (Å²) in [5, 5.41) is 12.2. The van der Waals surface area contributed by atoms with Crippen LogP contribution in [0.15, 0.2) is 35.3 Å². The first-order valence-electron chi connectivity index (χ1n) is 10.2. The molecule has 30 heavy (non-hydrogen) atoms. The van der Waals surface area contributed by atoms with Crippen molar-refractivity contribution < 1.29 is 9.53 Å². The second-order valence-corrected chi connectivity index (χ2v) is 8.00. The molecule has 1 fully saturated rings. The number of H-pyrrole nitrogens is 1. The number of piperidine rings is 1. The molecule has 0 unspecified atom stereocenters. The average molecular weight is 428 g/mol. The number of aromatic nitrogens is 2. The van der Waals surface area contributed by atoms with E-state index in [1.54, 1.807) is 7.11 Å². The van der Waals surface area contributed by atoms with Crippen LogP contribution < -0.4 is 5.32 Å². The first-order valence-corrected chi connectivity index (χ1v) is 10.6. The van der Waals surface area contributed by atoms with Crippen LogP contribution >= 0.6 is 11.6 Å². The number of hydrogen-bond donors (Lipinski definition) is 2. The number of aromatic amines is 1. The Balaban J connectivity index is 1.55. The molecule has 4 rings (SSSR count). The molecule has 2 aromatic rings.